The minimum absolute atomic E-state index is 0.0323. The fraction of sp³-hybridized carbons (Fsp3) is 0.120. The molecule has 1 aromatic heterocycles. The predicted octanol–water partition coefficient (Wildman–Crippen LogP) is 5.02. The predicted molar refractivity (Wildman–Crippen MR) is 117 cm³/mol. The number of nitrogens with one attached hydrogen (secondary N) is 1. The SMILES string of the molecule is COc1ccccc1[C@@H]1CC(=O)Nc2c1c(-c1ccccc1)nn2-c1ccccc1. The molecule has 5 rings (SSSR count). The number of carbonyl (C=O) groups is 1. The number of carbonyl (C=O) groups excluding carboxylic acids is 1. The molecule has 1 aliphatic heterocycles. The highest BCUT2D eigenvalue weighted by Crippen LogP contribution is 2.45. The van der Waals surface area contributed by atoms with Crippen LogP contribution in [0.4, 0.5) is 5.82 Å². The molecule has 1 N–H and O–H groups in total. The molecule has 148 valence electrons. The number of amides is 1. The van der Waals surface area contributed by atoms with Crippen LogP contribution < -0.4 is 10.1 Å². The van der Waals surface area contributed by atoms with E-state index in [1.165, 1.54) is 0 Å². The fourth-order valence-corrected chi connectivity index (χ4v) is 4.14. The molecule has 0 bridgehead atoms. The van der Waals surface area contributed by atoms with Crippen molar-refractivity contribution in [2.24, 2.45) is 0 Å². The van der Waals surface area contributed by atoms with E-state index in [9.17, 15) is 4.79 Å². The van der Waals surface area contributed by atoms with E-state index < -0.39 is 0 Å². The highest BCUT2D eigenvalue weighted by molar-refractivity contribution is 5.96. The van der Waals surface area contributed by atoms with Gasteiger partial charge >= 0.3 is 0 Å². The van der Waals surface area contributed by atoms with Crippen LogP contribution in [-0.2, 0) is 4.79 Å². The number of para-hydroxylation sites is 2. The normalized spacial score (nSPS) is 15.4. The lowest BCUT2D eigenvalue weighted by Crippen LogP contribution is -2.25. The van der Waals surface area contributed by atoms with Gasteiger partial charge in [-0.1, -0.05) is 66.7 Å². The summed E-state index contributed by atoms with van der Waals surface area (Å²) in [7, 11) is 1.66. The third kappa shape index (κ3) is 3.05. The number of rotatable bonds is 4. The van der Waals surface area contributed by atoms with Gasteiger partial charge < -0.3 is 10.1 Å². The van der Waals surface area contributed by atoms with Gasteiger partial charge in [-0.15, -0.1) is 0 Å². The molecule has 0 aliphatic carbocycles. The van der Waals surface area contributed by atoms with Gasteiger partial charge in [0.25, 0.3) is 0 Å². The molecule has 0 saturated heterocycles. The zero-order valence-corrected chi connectivity index (χ0v) is 16.6. The Morgan fingerprint density at radius 2 is 1.60 bits per heavy atom. The third-order valence-corrected chi connectivity index (χ3v) is 5.48. The van der Waals surface area contributed by atoms with Crippen molar-refractivity contribution in [3.05, 3.63) is 96.1 Å². The number of hydrogen-bond donors (Lipinski definition) is 1. The topological polar surface area (TPSA) is 56.1 Å². The van der Waals surface area contributed by atoms with Gasteiger partial charge in [0.1, 0.15) is 11.6 Å². The Morgan fingerprint density at radius 1 is 0.933 bits per heavy atom. The standard InChI is InChI=1S/C25H21N3O2/c1-30-21-15-9-8-14-19(21)20-16-22(29)26-25-23(20)24(17-10-4-2-5-11-17)27-28(25)18-12-6-3-7-13-18/h2-15,20H,16H2,1H3,(H,26,29)/t20-/m0/s1. The van der Waals surface area contributed by atoms with Crippen molar-refractivity contribution < 1.29 is 9.53 Å². The minimum atomic E-state index is -0.155. The zero-order valence-electron chi connectivity index (χ0n) is 16.6. The van der Waals surface area contributed by atoms with E-state index in [0.29, 0.717) is 12.2 Å². The molecule has 1 amide bonds. The molecule has 0 fully saturated rings. The second-order valence-electron chi connectivity index (χ2n) is 7.27. The molecule has 3 aromatic carbocycles. The molecular weight excluding hydrogens is 374 g/mol. The van der Waals surface area contributed by atoms with Gasteiger partial charge in [-0.2, -0.15) is 5.10 Å². The summed E-state index contributed by atoms with van der Waals surface area (Å²) in [6.07, 6.45) is 0.341. The summed E-state index contributed by atoms with van der Waals surface area (Å²) in [5.41, 5.74) is 4.77. The first-order valence-corrected chi connectivity index (χ1v) is 9.93. The summed E-state index contributed by atoms with van der Waals surface area (Å²) in [6, 6.07) is 27.9. The van der Waals surface area contributed by atoms with Crippen molar-refractivity contribution in [1.82, 2.24) is 9.78 Å². The number of hydrogen-bond acceptors (Lipinski definition) is 3. The van der Waals surface area contributed by atoms with Gasteiger partial charge in [-0.3, -0.25) is 4.79 Å². The lowest BCUT2D eigenvalue weighted by atomic mass is 9.84. The van der Waals surface area contributed by atoms with Gasteiger partial charge in [0.05, 0.1) is 18.5 Å². The maximum Gasteiger partial charge on any atom is 0.226 e. The van der Waals surface area contributed by atoms with Crippen molar-refractivity contribution in [3.63, 3.8) is 0 Å². The average molecular weight is 395 g/mol. The number of nitrogens with zero attached hydrogens (tertiary/aromatic N) is 2. The molecule has 2 heterocycles. The van der Waals surface area contributed by atoms with E-state index in [-0.39, 0.29) is 11.8 Å². The van der Waals surface area contributed by atoms with E-state index >= 15 is 0 Å². The molecule has 0 radical (unpaired) electrons. The first-order chi connectivity index (χ1) is 14.8. The number of anilines is 1. The summed E-state index contributed by atoms with van der Waals surface area (Å²) in [6.45, 7) is 0. The van der Waals surface area contributed by atoms with Crippen LogP contribution in [0.3, 0.4) is 0 Å². The Labute approximate surface area is 174 Å². The van der Waals surface area contributed by atoms with Crippen molar-refractivity contribution in [2.75, 3.05) is 12.4 Å². The highest BCUT2D eigenvalue weighted by atomic mass is 16.5. The van der Waals surface area contributed by atoms with Crippen molar-refractivity contribution in [3.8, 4) is 22.7 Å². The van der Waals surface area contributed by atoms with Gasteiger partial charge in [0.2, 0.25) is 5.91 Å². The van der Waals surface area contributed by atoms with E-state index in [1.807, 2.05) is 89.6 Å². The average Bonchev–Trinajstić information content (AvgIpc) is 3.19. The summed E-state index contributed by atoms with van der Waals surface area (Å²) in [4.78, 5) is 12.7. The van der Waals surface area contributed by atoms with Crippen molar-refractivity contribution in [2.45, 2.75) is 12.3 Å². The Balaban J connectivity index is 1.79. The quantitative estimate of drug-likeness (QED) is 0.528. The molecule has 0 unspecified atom stereocenters. The molecule has 5 nitrogen and oxygen atoms in total. The maximum atomic E-state index is 12.7. The Morgan fingerprint density at radius 3 is 2.33 bits per heavy atom. The monoisotopic (exact) mass is 395 g/mol. The number of aromatic nitrogens is 2. The first kappa shape index (κ1) is 18.2. The molecule has 30 heavy (non-hydrogen) atoms. The molecular formula is C25H21N3O2. The highest BCUT2D eigenvalue weighted by Gasteiger charge is 2.35. The molecule has 1 atom stereocenters. The van der Waals surface area contributed by atoms with Crippen LogP contribution >= 0.6 is 0 Å². The van der Waals surface area contributed by atoms with Crippen LogP contribution in [0.25, 0.3) is 16.9 Å². The smallest absolute Gasteiger partial charge is 0.226 e. The van der Waals surface area contributed by atoms with Crippen LogP contribution in [0.1, 0.15) is 23.5 Å². The molecule has 0 spiro atoms. The number of ether oxygens (including phenoxy) is 1. The van der Waals surface area contributed by atoms with Gasteiger partial charge in [0, 0.05) is 29.0 Å². The van der Waals surface area contributed by atoms with Crippen molar-refractivity contribution >= 4 is 11.7 Å². The number of methoxy groups -OCH3 is 1. The summed E-state index contributed by atoms with van der Waals surface area (Å²) in [5.74, 6) is 1.30. The number of fused-ring (bicyclic) bond motifs is 1. The minimum Gasteiger partial charge on any atom is -0.496 e. The second-order valence-corrected chi connectivity index (χ2v) is 7.27. The number of benzene rings is 3. The lowest BCUT2D eigenvalue weighted by molar-refractivity contribution is -0.116. The summed E-state index contributed by atoms with van der Waals surface area (Å²) >= 11 is 0. The Kier molecular flexibility index (Phi) is 4.56. The zero-order chi connectivity index (χ0) is 20.5. The molecule has 5 heteroatoms. The third-order valence-electron chi connectivity index (χ3n) is 5.48. The van der Waals surface area contributed by atoms with Gasteiger partial charge in [-0.25, -0.2) is 4.68 Å². The fourth-order valence-electron chi connectivity index (χ4n) is 4.14. The van der Waals surface area contributed by atoms with E-state index in [4.69, 9.17) is 9.84 Å². The Bertz CT molecular complexity index is 1200. The molecule has 4 aromatic rings. The van der Waals surface area contributed by atoms with E-state index in [2.05, 4.69) is 5.32 Å². The van der Waals surface area contributed by atoms with Crippen LogP contribution in [0.2, 0.25) is 0 Å². The van der Waals surface area contributed by atoms with Crippen LogP contribution in [0, 0.1) is 0 Å². The first-order valence-electron chi connectivity index (χ1n) is 9.93. The molecule has 1 aliphatic rings. The molecule has 0 saturated carbocycles. The lowest BCUT2D eigenvalue weighted by Gasteiger charge is -2.26. The Hall–Kier alpha value is -3.86. The maximum absolute atomic E-state index is 12.7. The van der Waals surface area contributed by atoms with E-state index in [1.54, 1.807) is 7.11 Å². The van der Waals surface area contributed by atoms with Crippen molar-refractivity contribution in [1.29, 1.82) is 0 Å². The van der Waals surface area contributed by atoms with Gasteiger partial charge in [0.15, 0.2) is 0 Å². The van der Waals surface area contributed by atoms with Crippen LogP contribution in [0.15, 0.2) is 84.9 Å². The van der Waals surface area contributed by atoms with Gasteiger partial charge in [-0.05, 0) is 18.2 Å². The largest absolute Gasteiger partial charge is 0.496 e. The van der Waals surface area contributed by atoms with Crippen LogP contribution in [-0.4, -0.2) is 22.8 Å². The van der Waals surface area contributed by atoms with E-state index in [0.717, 1.165) is 33.8 Å². The second kappa shape index (κ2) is 7.52. The summed E-state index contributed by atoms with van der Waals surface area (Å²) < 4.78 is 7.46. The van der Waals surface area contributed by atoms with Crippen LogP contribution in [0.5, 0.6) is 5.75 Å². The summed E-state index contributed by atoms with van der Waals surface area (Å²) in [5, 5.41) is 8.03.